The van der Waals surface area contributed by atoms with Crippen molar-refractivity contribution in [2.75, 3.05) is 0 Å². The van der Waals surface area contributed by atoms with Crippen LogP contribution in [0.3, 0.4) is 0 Å². The first-order valence-corrected chi connectivity index (χ1v) is 18.0. The average molecular weight is 599 g/mol. The second-order valence-corrected chi connectivity index (χ2v) is 14.0. The molecule has 2 aromatic heterocycles. The van der Waals surface area contributed by atoms with Gasteiger partial charge in [-0.2, -0.15) is 0 Å². The number of carbonyl (C=O) groups is 2. The van der Waals surface area contributed by atoms with Crippen LogP contribution in [0.25, 0.3) is 0 Å². The molecule has 0 aliphatic rings. The van der Waals surface area contributed by atoms with Gasteiger partial charge in [0.1, 0.15) is 0 Å². The summed E-state index contributed by atoms with van der Waals surface area (Å²) in [7, 11) is 0. The molecule has 0 amide bonds. The molecular formula is C26H40O4S2Sn. The van der Waals surface area contributed by atoms with Gasteiger partial charge in [-0.05, 0) is 22.9 Å². The molecule has 2 heterocycles. The van der Waals surface area contributed by atoms with Crippen LogP contribution in [0.15, 0.2) is 35.0 Å². The predicted octanol–water partition coefficient (Wildman–Crippen LogP) is 6.47. The minimum atomic E-state index is -1.10. The van der Waals surface area contributed by atoms with Gasteiger partial charge in [0, 0.05) is 9.75 Å². The third kappa shape index (κ3) is 21.4. The van der Waals surface area contributed by atoms with Crippen LogP contribution in [0.2, 0.25) is 8.87 Å². The molecule has 33 heavy (non-hydrogen) atoms. The van der Waals surface area contributed by atoms with Crippen molar-refractivity contribution in [3.05, 3.63) is 44.8 Å². The van der Waals surface area contributed by atoms with Gasteiger partial charge in [0.05, 0.1) is 11.9 Å². The van der Waals surface area contributed by atoms with E-state index >= 15 is 0 Å². The molecule has 0 unspecified atom stereocenters. The van der Waals surface area contributed by atoms with Gasteiger partial charge in [0.15, 0.2) is 0 Å². The summed E-state index contributed by atoms with van der Waals surface area (Å²) in [5.74, 6) is -2.19. The van der Waals surface area contributed by atoms with Gasteiger partial charge < -0.3 is 19.8 Å². The Hall–Kier alpha value is -0.861. The number of aromatic carboxylic acids is 2. The third-order valence-corrected chi connectivity index (χ3v) is 10.6. The van der Waals surface area contributed by atoms with Crippen molar-refractivity contribution in [3.8, 4) is 0 Å². The zero-order valence-electron chi connectivity index (χ0n) is 20.3. The predicted molar refractivity (Wildman–Crippen MR) is 139 cm³/mol. The fourth-order valence-electron chi connectivity index (χ4n) is 2.98. The summed E-state index contributed by atoms with van der Waals surface area (Å²) in [6, 6.07) is 6.38. The Bertz CT molecular complexity index is 614. The Morgan fingerprint density at radius 2 is 1.03 bits per heavy atom. The maximum absolute atomic E-state index is 9.96. The monoisotopic (exact) mass is 600 g/mol. The number of carboxylic acid groups (broad SMARTS) is 2. The molecule has 0 fully saturated rings. The molecular weight excluding hydrogens is 559 g/mol. The molecule has 0 aliphatic carbocycles. The van der Waals surface area contributed by atoms with Crippen molar-refractivity contribution in [1.29, 1.82) is 0 Å². The van der Waals surface area contributed by atoms with Gasteiger partial charge in [-0.3, -0.25) is 0 Å². The van der Waals surface area contributed by atoms with Crippen molar-refractivity contribution in [2.45, 2.75) is 99.8 Å². The zero-order chi connectivity index (χ0) is 24.6. The first kappa shape index (κ1) is 32.1. The van der Waals surface area contributed by atoms with E-state index in [0.29, 0.717) is 0 Å². The largest absolute Gasteiger partial charge is 0.544 e. The number of rotatable bonds is 16. The molecule has 0 bridgehead atoms. The SMILES string of the molecule is CCCCCCC[CH2][Sn+2][CH2]CCCCCCC.O=C([O-])c1cccs1.O=C([O-])c1cccs1. The molecule has 0 saturated carbocycles. The Labute approximate surface area is 219 Å². The van der Waals surface area contributed by atoms with E-state index in [1.807, 2.05) is 0 Å². The number of thiophene rings is 2. The van der Waals surface area contributed by atoms with Crippen molar-refractivity contribution in [3.63, 3.8) is 0 Å². The van der Waals surface area contributed by atoms with Crippen LogP contribution in [0.1, 0.15) is 110 Å². The van der Waals surface area contributed by atoms with E-state index in [0.717, 1.165) is 0 Å². The Kier molecular flexibility index (Phi) is 23.6. The van der Waals surface area contributed by atoms with Gasteiger partial charge in [0.2, 0.25) is 0 Å². The van der Waals surface area contributed by atoms with E-state index in [4.69, 9.17) is 0 Å². The summed E-state index contributed by atoms with van der Waals surface area (Å²) < 4.78 is 3.31. The Morgan fingerprint density at radius 1 is 0.667 bits per heavy atom. The molecule has 4 nitrogen and oxygen atoms in total. The van der Waals surface area contributed by atoms with Gasteiger partial charge in [-0.15, -0.1) is 22.7 Å². The molecule has 0 saturated heterocycles. The summed E-state index contributed by atoms with van der Waals surface area (Å²) in [5, 5.41) is 23.3. The molecule has 0 atom stereocenters. The minimum absolute atomic E-state index is 0.0736. The molecule has 184 valence electrons. The molecule has 0 aliphatic heterocycles. The van der Waals surface area contributed by atoms with E-state index in [2.05, 4.69) is 13.8 Å². The van der Waals surface area contributed by atoms with E-state index in [1.165, 1.54) is 99.0 Å². The van der Waals surface area contributed by atoms with Gasteiger partial charge in [-0.1, -0.05) is 12.1 Å². The molecule has 2 aromatic rings. The molecule has 0 N–H and O–H groups in total. The average Bonchev–Trinajstić information content (AvgIpc) is 3.53. The van der Waals surface area contributed by atoms with Crippen LogP contribution in [0.5, 0.6) is 0 Å². The van der Waals surface area contributed by atoms with Gasteiger partial charge >= 0.3 is 121 Å². The summed E-state index contributed by atoms with van der Waals surface area (Å²) in [5.41, 5.74) is 0. The summed E-state index contributed by atoms with van der Waals surface area (Å²) in [6.45, 7) is 4.60. The van der Waals surface area contributed by atoms with E-state index in [9.17, 15) is 19.8 Å². The molecule has 0 aromatic carbocycles. The van der Waals surface area contributed by atoms with Crippen LogP contribution in [-0.4, -0.2) is 33.1 Å². The normalized spacial score (nSPS) is 9.76. The number of carboxylic acids is 2. The van der Waals surface area contributed by atoms with Gasteiger partial charge in [-0.25, -0.2) is 0 Å². The van der Waals surface area contributed by atoms with Crippen LogP contribution in [-0.2, 0) is 0 Å². The Balaban J connectivity index is 0.000000525. The Morgan fingerprint density at radius 3 is 1.30 bits per heavy atom. The number of unbranched alkanes of at least 4 members (excludes halogenated alkanes) is 10. The second-order valence-electron chi connectivity index (χ2n) is 7.82. The molecule has 2 rings (SSSR count). The summed E-state index contributed by atoms with van der Waals surface area (Å²) in [4.78, 5) is 20.5. The first-order chi connectivity index (χ1) is 16.0. The van der Waals surface area contributed by atoms with E-state index in [1.54, 1.807) is 44.6 Å². The van der Waals surface area contributed by atoms with Crippen LogP contribution in [0, 0.1) is 0 Å². The smallest absolute Gasteiger partial charge is 0.0815 e. The van der Waals surface area contributed by atoms with Crippen molar-refractivity contribution in [2.24, 2.45) is 0 Å². The van der Waals surface area contributed by atoms with Crippen molar-refractivity contribution < 1.29 is 19.8 Å². The van der Waals surface area contributed by atoms with E-state index < -0.39 is 11.9 Å². The van der Waals surface area contributed by atoms with E-state index in [-0.39, 0.29) is 30.9 Å². The standard InChI is InChI=1S/2C8H17.2C5H4O2S.Sn/c2*1-3-5-7-8-6-4-2;2*6-5(7)4-2-1-3-8-4;/h2*1,3-8H2,2H3;2*1-3H,(H,6,7);/q;;;;+2/p-2. The number of hydrogen-bond acceptors (Lipinski definition) is 6. The topological polar surface area (TPSA) is 80.3 Å². The zero-order valence-corrected chi connectivity index (χ0v) is 24.8. The molecule has 0 spiro atoms. The summed E-state index contributed by atoms with van der Waals surface area (Å²) in [6.07, 6.45) is 17.8. The minimum Gasteiger partial charge on any atom is -0.544 e. The fourth-order valence-corrected chi connectivity index (χ4v) is 7.66. The molecule has 0 radical (unpaired) electrons. The van der Waals surface area contributed by atoms with Gasteiger partial charge in [0.25, 0.3) is 0 Å². The van der Waals surface area contributed by atoms with Crippen LogP contribution < -0.4 is 10.2 Å². The quantitative estimate of drug-likeness (QED) is 0.164. The maximum Gasteiger partial charge on any atom is 0.0815 e. The van der Waals surface area contributed by atoms with Crippen molar-refractivity contribution >= 4 is 55.8 Å². The second kappa shape index (κ2) is 24.3. The number of hydrogen-bond donors (Lipinski definition) is 0. The third-order valence-electron chi connectivity index (χ3n) is 4.86. The summed E-state index contributed by atoms with van der Waals surface area (Å²) >= 11 is 2.41. The number of carbonyl (C=O) groups excluding carboxylic acids is 2. The first-order valence-electron chi connectivity index (χ1n) is 12.2. The van der Waals surface area contributed by atoms with Crippen LogP contribution in [0.4, 0.5) is 0 Å². The maximum atomic E-state index is 9.96. The van der Waals surface area contributed by atoms with Crippen LogP contribution >= 0.6 is 22.7 Å². The fraction of sp³-hybridized carbons (Fsp3) is 0.615. The van der Waals surface area contributed by atoms with Crippen molar-refractivity contribution in [1.82, 2.24) is 0 Å². The molecule has 7 heteroatoms.